The van der Waals surface area contributed by atoms with Crippen LogP contribution in [0, 0.1) is 5.82 Å². The molecule has 7 heteroatoms. The van der Waals surface area contributed by atoms with Crippen LogP contribution in [0.2, 0.25) is 10.0 Å². The van der Waals surface area contributed by atoms with E-state index in [0.717, 1.165) is 6.07 Å². The second kappa shape index (κ2) is 7.44. The normalized spacial score (nSPS) is 11.7. The summed E-state index contributed by atoms with van der Waals surface area (Å²) in [5, 5.41) is 3.17. The molecule has 0 aromatic heterocycles. The van der Waals surface area contributed by atoms with Gasteiger partial charge in [0.25, 0.3) is 5.91 Å². The molecular formula is C16H12Cl2FNO3. The summed E-state index contributed by atoms with van der Waals surface area (Å²) in [5.41, 5.74) is 0.0471. The monoisotopic (exact) mass is 355 g/mol. The van der Waals surface area contributed by atoms with Crippen LogP contribution in [-0.2, 0) is 9.53 Å². The molecule has 2 rings (SSSR count). The second-order valence-electron chi connectivity index (χ2n) is 4.64. The molecule has 0 fully saturated rings. The van der Waals surface area contributed by atoms with Crippen molar-refractivity contribution in [1.29, 1.82) is 0 Å². The number of hydrogen-bond donors (Lipinski definition) is 1. The molecule has 1 atom stereocenters. The van der Waals surface area contributed by atoms with Crippen molar-refractivity contribution in [2.45, 2.75) is 13.0 Å². The first-order chi connectivity index (χ1) is 10.9. The number of nitrogens with one attached hydrogen (secondary N) is 1. The van der Waals surface area contributed by atoms with E-state index in [2.05, 4.69) is 5.32 Å². The number of amides is 1. The molecule has 0 unspecified atom stereocenters. The van der Waals surface area contributed by atoms with E-state index in [1.165, 1.54) is 37.3 Å². The molecular weight excluding hydrogens is 344 g/mol. The van der Waals surface area contributed by atoms with Gasteiger partial charge in [-0.2, -0.15) is 0 Å². The number of rotatable bonds is 4. The van der Waals surface area contributed by atoms with E-state index in [1.54, 1.807) is 6.07 Å². The Bertz CT molecular complexity index is 752. The molecule has 0 aliphatic carbocycles. The van der Waals surface area contributed by atoms with E-state index in [-0.39, 0.29) is 16.3 Å². The third kappa shape index (κ3) is 4.43. The van der Waals surface area contributed by atoms with Crippen molar-refractivity contribution in [3.8, 4) is 0 Å². The van der Waals surface area contributed by atoms with Crippen LogP contribution in [0.3, 0.4) is 0 Å². The first-order valence-corrected chi connectivity index (χ1v) is 7.35. The van der Waals surface area contributed by atoms with E-state index in [9.17, 15) is 14.0 Å². The number of halogens is 3. The van der Waals surface area contributed by atoms with Gasteiger partial charge < -0.3 is 10.1 Å². The van der Waals surface area contributed by atoms with Gasteiger partial charge in [-0.15, -0.1) is 0 Å². The fourth-order valence-electron chi connectivity index (χ4n) is 1.73. The van der Waals surface area contributed by atoms with Gasteiger partial charge in [-0.1, -0.05) is 35.3 Å². The van der Waals surface area contributed by atoms with Crippen LogP contribution in [-0.4, -0.2) is 18.0 Å². The van der Waals surface area contributed by atoms with Crippen LogP contribution in [0.1, 0.15) is 17.3 Å². The van der Waals surface area contributed by atoms with Crippen molar-refractivity contribution in [2.75, 3.05) is 5.32 Å². The Balaban J connectivity index is 2.04. The summed E-state index contributed by atoms with van der Waals surface area (Å²) in [7, 11) is 0. The van der Waals surface area contributed by atoms with Crippen LogP contribution in [0.15, 0.2) is 42.5 Å². The number of hydrogen-bond acceptors (Lipinski definition) is 3. The highest BCUT2D eigenvalue weighted by Crippen LogP contribution is 2.25. The van der Waals surface area contributed by atoms with Crippen molar-refractivity contribution < 1.29 is 18.7 Å². The Morgan fingerprint density at radius 2 is 1.87 bits per heavy atom. The van der Waals surface area contributed by atoms with E-state index in [4.69, 9.17) is 27.9 Å². The van der Waals surface area contributed by atoms with Gasteiger partial charge in [0.2, 0.25) is 0 Å². The van der Waals surface area contributed by atoms with E-state index < -0.39 is 23.8 Å². The molecule has 1 amide bonds. The highest BCUT2D eigenvalue weighted by atomic mass is 35.5. The third-order valence-electron chi connectivity index (χ3n) is 2.93. The zero-order valence-corrected chi connectivity index (χ0v) is 13.5. The lowest BCUT2D eigenvalue weighted by atomic mass is 10.2. The van der Waals surface area contributed by atoms with Crippen molar-refractivity contribution >= 4 is 40.8 Å². The number of carbonyl (C=O) groups excluding carboxylic acids is 2. The van der Waals surface area contributed by atoms with Crippen molar-refractivity contribution in [3.63, 3.8) is 0 Å². The molecule has 0 spiro atoms. The van der Waals surface area contributed by atoms with E-state index in [1.807, 2.05) is 0 Å². The second-order valence-corrected chi connectivity index (χ2v) is 5.48. The van der Waals surface area contributed by atoms with Crippen LogP contribution < -0.4 is 5.32 Å². The molecule has 0 bridgehead atoms. The van der Waals surface area contributed by atoms with Crippen molar-refractivity contribution in [1.82, 2.24) is 0 Å². The number of esters is 1. The van der Waals surface area contributed by atoms with Gasteiger partial charge in [0.05, 0.1) is 16.3 Å². The van der Waals surface area contributed by atoms with Crippen LogP contribution in [0.4, 0.5) is 10.1 Å². The minimum Gasteiger partial charge on any atom is -0.449 e. The lowest BCUT2D eigenvalue weighted by molar-refractivity contribution is -0.123. The fraction of sp³-hybridized carbons (Fsp3) is 0.125. The van der Waals surface area contributed by atoms with E-state index in [0.29, 0.717) is 5.02 Å². The van der Waals surface area contributed by atoms with E-state index >= 15 is 0 Å². The first kappa shape index (κ1) is 17.2. The maximum atomic E-state index is 13.5. The van der Waals surface area contributed by atoms with Gasteiger partial charge in [-0.25, -0.2) is 9.18 Å². The van der Waals surface area contributed by atoms with Gasteiger partial charge in [-0.3, -0.25) is 4.79 Å². The lowest BCUT2D eigenvalue weighted by Crippen LogP contribution is -2.30. The third-order valence-corrected chi connectivity index (χ3v) is 3.50. The number of benzene rings is 2. The Labute approximate surface area is 142 Å². The standard InChI is InChI=1S/C16H12Cl2FNO3/c1-9(23-16(22)11-4-2-3-5-13(11)19)15(21)20-14-8-10(17)6-7-12(14)18/h2-9H,1H3,(H,20,21)/t9-/m0/s1. The number of ether oxygens (including phenoxy) is 1. The summed E-state index contributed by atoms with van der Waals surface area (Å²) in [4.78, 5) is 23.9. The fourth-order valence-corrected chi connectivity index (χ4v) is 2.07. The summed E-state index contributed by atoms with van der Waals surface area (Å²) in [5.74, 6) is -2.26. The minimum absolute atomic E-state index is 0.243. The predicted octanol–water partition coefficient (Wildman–Crippen LogP) is 4.32. The van der Waals surface area contributed by atoms with Crippen LogP contribution >= 0.6 is 23.2 Å². The van der Waals surface area contributed by atoms with Gasteiger partial charge in [0.15, 0.2) is 6.10 Å². The summed E-state index contributed by atoms with van der Waals surface area (Å²) >= 11 is 11.8. The molecule has 0 saturated carbocycles. The SMILES string of the molecule is C[C@H](OC(=O)c1ccccc1F)C(=O)Nc1cc(Cl)ccc1Cl. The molecule has 0 aliphatic rings. The molecule has 2 aromatic rings. The van der Waals surface area contributed by atoms with Crippen molar-refractivity contribution in [3.05, 3.63) is 63.9 Å². The Hall–Kier alpha value is -2.11. The highest BCUT2D eigenvalue weighted by molar-refractivity contribution is 6.35. The molecule has 120 valence electrons. The van der Waals surface area contributed by atoms with Gasteiger partial charge in [-0.05, 0) is 37.3 Å². The molecule has 0 radical (unpaired) electrons. The topological polar surface area (TPSA) is 55.4 Å². The number of carbonyl (C=O) groups is 2. The first-order valence-electron chi connectivity index (χ1n) is 6.60. The maximum Gasteiger partial charge on any atom is 0.341 e. The lowest BCUT2D eigenvalue weighted by Gasteiger charge is -2.14. The molecule has 0 saturated heterocycles. The van der Waals surface area contributed by atoms with Crippen LogP contribution in [0.25, 0.3) is 0 Å². The molecule has 23 heavy (non-hydrogen) atoms. The summed E-state index contributed by atoms with van der Waals surface area (Å²) in [6, 6.07) is 9.91. The molecule has 1 N–H and O–H groups in total. The summed E-state index contributed by atoms with van der Waals surface area (Å²) in [6.07, 6.45) is -1.14. The van der Waals surface area contributed by atoms with Gasteiger partial charge in [0, 0.05) is 5.02 Å². The Morgan fingerprint density at radius 1 is 1.17 bits per heavy atom. The van der Waals surface area contributed by atoms with Gasteiger partial charge in [0.1, 0.15) is 5.82 Å². The average Bonchev–Trinajstić information content (AvgIpc) is 2.51. The quantitative estimate of drug-likeness (QED) is 0.831. The summed E-state index contributed by atoms with van der Waals surface area (Å²) in [6.45, 7) is 1.37. The molecule has 2 aromatic carbocycles. The Kier molecular flexibility index (Phi) is 5.58. The largest absolute Gasteiger partial charge is 0.449 e. The smallest absolute Gasteiger partial charge is 0.341 e. The van der Waals surface area contributed by atoms with Gasteiger partial charge >= 0.3 is 5.97 Å². The molecule has 4 nitrogen and oxygen atoms in total. The maximum absolute atomic E-state index is 13.5. The number of anilines is 1. The minimum atomic E-state index is -1.14. The predicted molar refractivity (Wildman–Crippen MR) is 86.4 cm³/mol. The highest BCUT2D eigenvalue weighted by Gasteiger charge is 2.21. The molecule has 0 heterocycles. The van der Waals surface area contributed by atoms with Crippen LogP contribution in [0.5, 0.6) is 0 Å². The van der Waals surface area contributed by atoms with Crippen molar-refractivity contribution in [2.24, 2.45) is 0 Å². The average molecular weight is 356 g/mol. The Morgan fingerprint density at radius 3 is 2.57 bits per heavy atom. The zero-order chi connectivity index (χ0) is 17.0. The zero-order valence-electron chi connectivity index (χ0n) is 12.0. The molecule has 0 aliphatic heterocycles. The summed E-state index contributed by atoms with van der Waals surface area (Å²) < 4.78 is 18.5.